The van der Waals surface area contributed by atoms with Crippen LogP contribution >= 0.6 is 0 Å². The summed E-state index contributed by atoms with van der Waals surface area (Å²) in [4.78, 5) is 38.5. The number of hydrogen-bond donors (Lipinski definition) is 3. The third kappa shape index (κ3) is 3.90. The molecule has 0 aliphatic heterocycles. The zero-order valence-electron chi connectivity index (χ0n) is 13.6. The van der Waals surface area contributed by atoms with E-state index in [1.165, 1.54) is 12.1 Å². The van der Waals surface area contributed by atoms with Gasteiger partial charge in [0, 0.05) is 29.1 Å². The van der Waals surface area contributed by atoms with Crippen LogP contribution in [-0.4, -0.2) is 33.8 Å². The number of carboxylic acids is 1. The lowest BCUT2D eigenvalue weighted by molar-refractivity contribution is -0.140. The van der Waals surface area contributed by atoms with Gasteiger partial charge in [-0.25, -0.2) is 4.79 Å². The van der Waals surface area contributed by atoms with Crippen LogP contribution in [0.5, 0.6) is 0 Å². The van der Waals surface area contributed by atoms with E-state index in [1.807, 2.05) is 6.92 Å². The molecule has 0 unspecified atom stereocenters. The van der Waals surface area contributed by atoms with Gasteiger partial charge < -0.3 is 15.4 Å². The van der Waals surface area contributed by atoms with Crippen LogP contribution in [0.3, 0.4) is 0 Å². The maximum atomic E-state index is 12.2. The molecule has 0 radical (unpaired) electrons. The molecule has 2 atom stereocenters. The van der Waals surface area contributed by atoms with Crippen molar-refractivity contribution in [3.05, 3.63) is 59.4 Å². The first-order chi connectivity index (χ1) is 11.4. The summed E-state index contributed by atoms with van der Waals surface area (Å²) in [7, 11) is 0. The Hall–Kier alpha value is -2.89. The first kappa shape index (κ1) is 17.5. The van der Waals surface area contributed by atoms with Gasteiger partial charge in [0.1, 0.15) is 6.04 Å². The van der Waals surface area contributed by atoms with Gasteiger partial charge in [-0.3, -0.25) is 9.59 Å². The predicted octanol–water partition coefficient (Wildman–Crippen LogP) is 2.47. The third-order valence-corrected chi connectivity index (χ3v) is 4.04. The van der Waals surface area contributed by atoms with Crippen LogP contribution in [0.1, 0.15) is 46.5 Å². The number of aromatic amines is 1. The molecule has 0 aliphatic rings. The molecule has 0 spiro atoms. The Morgan fingerprint density at radius 2 is 1.71 bits per heavy atom. The SMILES string of the molecule is CC[C@H](C)[C@H](NC(=O)c1ccc(C(=O)c2cc[nH]c2)cc1)C(=O)O. The molecule has 0 saturated carbocycles. The number of benzene rings is 1. The molecule has 2 aromatic rings. The van der Waals surface area contributed by atoms with Crippen molar-refractivity contribution in [1.29, 1.82) is 0 Å². The smallest absolute Gasteiger partial charge is 0.326 e. The van der Waals surface area contributed by atoms with Gasteiger partial charge in [-0.05, 0) is 24.1 Å². The van der Waals surface area contributed by atoms with Gasteiger partial charge in [0.25, 0.3) is 5.91 Å². The molecule has 0 fully saturated rings. The molecule has 24 heavy (non-hydrogen) atoms. The summed E-state index contributed by atoms with van der Waals surface area (Å²) >= 11 is 0. The predicted molar refractivity (Wildman–Crippen MR) is 89.0 cm³/mol. The number of carbonyl (C=O) groups excluding carboxylic acids is 2. The molecular weight excluding hydrogens is 308 g/mol. The quantitative estimate of drug-likeness (QED) is 0.680. The van der Waals surface area contributed by atoms with Crippen LogP contribution in [0.4, 0.5) is 0 Å². The molecule has 1 aromatic carbocycles. The molecule has 6 nitrogen and oxygen atoms in total. The standard InChI is InChI=1S/C18H20N2O4/c1-3-11(2)15(18(23)24)20-17(22)13-6-4-12(5-7-13)16(21)14-8-9-19-10-14/h4-11,15,19H,3H2,1-2H3,(H,20,22)(H,23,24)/t11-,15-/m0/s1. The molecule has 3 N–H and O–H groups in total. The molecule has 1 heterocycles. The average Bonchev–Trinajstić information content (AvgIpc) is 3.12. The molecule has 0 saturated heterocycles. The van der Waals surface area contributed by atoms with Crippen LogP contribution in [0.25, 0.3) is 0 Å². The fourth-order valence-corrected chi connectivity index (χ4v) is 2.31. The molecule has 1 amide bonds. The molecular formula is C18H20N2O4. The number of rotatable bonds is 7. The Bertz CT molecular complexity index is 720. The van der Waals surface area contributed by atoms with E-state index in [0.29, 0.717) is 23.1 Å². The molecule has 2 rings (SSSR count). The van der Waals surface area contributed by atoms with Crippen molar-refractivity contribution in [1.82, 2.24) is 10.3 Å². The summed E-state index contributed by atoms with van der Waals surface area (Å²) < 4.78 is 0. The highest BCUT2D eigenvalue weighted by Crippen LogP contribution is 2.12. The van der Waals surface area contributed by atoms with Gasteiger partial charge in [-0.15, -0.1) is 0 Å². The van der Waals surface area contributed by atoms with E-state index in [1.54, 1.807) is 37.5 Å². The zero-order valence-corrected chi connectivity index (χ0v) is 13.6. The van der Waals surface area contributed by atoms with E-state index in [4.69, 9.17) is 0 Å². The first-order valence-electron chi connectivity index (χ1n) is 7.75. The minimum Gasteiger partial charge on any atom is -0.480 e. The normalized spacial score (nSPS) is 13.1. The first-order valence-corrected chi connectivity index (χ1v) is 7.75. The van der Waals surface area contributed by atoms with Crippen molar-refractivity contribution < 1.29 is 19.5 Å². The summed E-state index contributed by atoms with van der Waals surface area (Å²) in [6, 6.07) is 6.89. The second-order valence-electron chi connectivity index (χ2n) is 5.68. The summed E-state index contributed by atoms with van der Waals surface area (Å²) in [5.74, 6) is -1.85. The van der Waals surface area contributed by atoms with Crippen LogP contribution in [0, 0.1) is 5.92 Å². The van der Waals surface area contributed by atoms with Gasteiger partial charge in [0.15, 0.2) is 5.78 Å². The number of aliphatic carboxylic acids is 1. The Morgan fingerprint density at radius 1 is 1.08 bits per heavy atom. The lowest BCUT2D eigenvalue weighted by Gasteiger charge is -2.20. The van der Waals surface area contributed by atoms with Crippen LogP contribution in [-0.2, 0) is 4.79 Å². The Morgan fingerprint density at radius 3 is 2.21 bits per heavy atom. The van der Waals surface area contributed by atoms with E-state index in [-0.39, 0.29) is 11.7 Å². The van der Waals surface area contributed by atoms with Gasteiger partial charge >= 0.3 is 5.97 Å². The Labute approximate surface area is 139 Å². The van der Waals surface area contributed by atoms with Crippen molar-refractivity contribution in [3.8, 4) is 0 Å². The fraction of sp³-hybridized carbons (Fsp3) is 0.278. The second-order valence-corrected chi connectivity index (χ2v) is 5.68. The van der Waals surface area contributed by atoms with Gasteiger partial charge in [-0.2, -0.15) is 0 Å². The summed E-state index contributed by atoms with van der Waals surface area (Å²) in [5.41, 5.74) is 1.31. The number of hydrogen-bond acceptors (Lipinski definition) is 3. The highest BCUT2D eigenvalue weighted by atomic mass is 16.4. The summed E-state index contributed by atoms with van der Waals surface area (Å²) in [5, 5.41) is 11.8. The maximum absolute atomic E-state index is 12.2. The monoisotopic (exact) mass is 328 g/mol. The van der Waals surface area contributed by atoms with Gasteiger partial charge in [0.2, 0.25) is 0 Å². The molecule has 126 valence electrons. The number of amides is 1. The molecule has 0 bridgehead atoms. The lowest BCUT2D eigenvalue weighted by atomic mass is 9.98. The molecule has 1 aromatic heterocycles. The largest absolute Gasteiger partial charge is 0.480 e. The van der Waals surface area contributed by atoms with Crippen molar-refractivity contribution in [2.75, 3.05) is 0 Å². The molecule has 6 heteroatoms. The average molecular weight is 328 g/mol. The van der Waals surface area contributed by atoms with Crippen LogP contribution in [0.15, 0.2) is 42.7 Å². The van der Waals surface area contributed by atoms with Crippen LogP contribution < -0.4 is 5.32 Å². The van der Waals surface area contributed by atoms with E-state index in [9.17, 15) is 19.5 Å². The van der Waals surface area contributed by atoms with Crippen molar-refractivity contribution in [2.24, 2.45) is 5.92 Å². The fourth-order valence-electron chi connectivity index (χ4n) is 2.31. The number of H-pyrrole nitrogens is 1. The number of ketones is 1. The van der Waals surface area contributed by atoms with Crippen molar-refractivity contribution in [3.63, 3.8) is 0 Å². The van der Waals surface area contributed by atoms with Crippen LogP contribution in [0.2, 0.25) is 0 Å². The lowest BCUT2D eigenvalue weighted by Crippen LogP contribution is -2.45. The number of aromatic nitrogens is 1. The Balaban J connectivity index is 2.11. The number of carboxylic acid groups (broad SMARTS) is 1. The highest BCUT2D eigenvalue weighted by molar-refractivity contribution is 6.09. The van der Waals surface area contributed by atoms with E-state index >= 15 is 0 Å². The second kappa shape index (κ2) is 7.59. The van der Waals surface area contributed by atoms with Gasteiger partial charge in [0.05, 0.1) is 0 Å². The van der Waals surface area contributed by atoms with Crippen molar-refractivity contribution >= 4 is 17.7 Å². The number of carbonyl (C=O) groups is 3. The minimum atomic E-state index is -1.06. The summed E-state index contributed by atoms with van der Waals surface area (Å²) in [6.45, 7) is 3.64. The van der Waals surface area contributed by atoms with E-state index in [0.717, 1.165) is 0 Å². The van der Waals surface area contributed by atoms with Gasteiger partial charge in [-0.1, -0.05) is 32.4 Å². The topological polar surface area (TPSA) is 99.3 Å². The zero-order chi connectivity index (χ0) is 17.7. The molecule has 0 aliphatic carbocycles. The van der Waals surface area contributed by atoms with Crippen molar-refractivity contribution in [2.45, 2.75) is 26.3 Å². The highest BCUT2D eigenvalue weighted by Gasteiger charge is 2.25. The number of nitrogens with one attached hydrogen (secondary N) is 2. The summed E-state index contributed by atoms with van der Waals surface area (Å²) in [6.07, 6.45) is 3.91. The minimum absolute atomic E-state index is 0.147. The Kier molecular flexibility index (Phi) is 5.52. The van der Waals surface area contributed by atoms with E-state index in [2.05, 4.69) is 10.3 Å². The van der Waals surface area contributed by atoms with E-state index < -0.39 is 17.9 Å². The third-order valence-electron chi connectivity index (χ3n) is 4.04. The maximum Gasteiger partial charge on any atom is 0.326 e.